The number of hydrogen-bond acceptors (Lipinski definition) is 4. The van der Waals surface area contributed by atoms with Crippen molar-refractivity contribution in [1.82, 2.24) is 9.80 Å². The lowest BCUT2D eigenvalue weighted by Gasteiger charge is -2.51. The van der Waals surface area contributed by atoms with Crippen molar-refractivity contribution in [2.45, 2.75) is 70.7 Å². The normalized spacial score (nSPS) is 27.3. The maximum Gasteiger partial charge on any atom is 0.410 e. The molecule has 2 heterocycles. The topological polar surface area (TPSA) is 42.0 Å². The van der Waals surface area contributed by atoms with E-state index in [4.69, 9.17) is 9.47 Å². The molecule has 2 fully saturated rings. The first kappa shape index (κ1) is 16.6. The fourth-order valence-corrected chi connectivity index (χ4v) is 3.25. The van der Waals surface area contributed by atoms with Gasteiger partial charge in [-0.2, -0.15) is 0 Å². The first-order valence-electron chi connectivity index (χ1n) is 7.90. The van der Waals surface area contributed by atoms with Crippen molar-refractivity contribution in [2.24, 2.45) is 0 Å². The molecule has 0 radical (unpaired) electrons. The van der Waals surface area contributed by atoms with Crippen LogP contribution in [0.3, 0.4) is 0 Å². The van der Waals surface area contributed by atoms with Gasteiger partial charge in [0, 0.05) is 38.3 Å². The van der Waals surface area contributed by atoms with Crippen LogP contribution in [0.2, 0.25) is 0 Å². The average Bonchev–Trinajstić information content (AvgIpc) is 2.23. The van der Waals surface area contributed by atoms with E-state index in [1.54, 1.807) is 7.11 Å². The number of carbonyl (C=O) groups is 1. The summed E-state index contributed by atoms with van der Waals surface area (Å²) in [6.07, 6.45) is 2.20. The van der Waals surface area contributed by atoms with Crippen molar-refractivity contribution in [1.29, 1.82) is 0 Å². The molecule has 2 rings (SSSR count). The second-order valence-corrected chi connectivity index (χ2v) is 7.90. The molecule has 0 aliphatic carbocycles. The summed E-state index contributed by atoms with van der Waals surface area (Å²) in [6.45, 7) is 12.8. The number of rotatable bonds is 2. The summed E-state index contributed by atoms with van der Waals surface area (Å²) in [5.74, 6) is 0. The zero-order valence-electron chi connectivity index (χ0n) is 14.3. The summed E-state index contributed by atoms with van der Waals surface area (Å²) < 4.78 is 10.9. The monoisotopic (exact) mass is 298 g/mol. The highest BCUT2D eigenvalue weighted by Crippen LogP contribution is 2.33. The Bertz CT molecular complexity index is 383. The molecule has 2 aliphatic heterocycles. The fourth-order valence-electron chi connectivity index (χ4n) is 3.25. The Morgan fingerprint density at radius 2 is 1.86 bits per heavy atom. The molecule has 0 bridgehead atoms. The minimum atomic E-state index is -0.437. The third kappa shape index (κ3) is 3.89. The van der Waals surface area contributed by atoms with E-state index in [9.17, 15) is 4.79 Å². The van der Waals surface area contributed by atoms with Crippen LogP contribution >= 0.6 is 0 Å². The molecule has 2 aliphatic rings. The first-order chi connectivity index (χ1) is 9.62. The summed E-state index contributed by atoms with van der Waals surface area (Å²) in [6, 6.07) is 0.546. The highest BCUT2D eigenvalue weighted by atomic mass is 16.6. The molecule has 0 aromatic heterocycles. The van der Waals surface area contributed by atoms with E-state index in [1.165, 1.54) is 0 Å². The summed E-state index contributed by atoms with van der Waals surface area (Å²) in [5.41, 5.74) is -0.601. The predicted octanol–water partition coefficient (Wildman–Crippen LogP) is 2.50. The van der Waals surface area contributed by atoms with Gasteiger partial charge in [0.05, 0.1) is 6.10 Å². The molecule has 122 valence electrons. The van der Waals surface area contributed by atoms with Crippen molar-refractivity contribution in [3.8, 4) is 0 Å². The van der Waals surface area contributed by atoms with Crippen LogP contribution in [0.4, 0.5) is 4.79 Å². The standard InChI is InChI=1S/C16H30N2O3/c1-15(2,3)21-14(19)18-8-7-12(9-16(18,4)5)17-10-13(11-17)20-6/h12-13H,7-11H2,1-6H3. The van der Waals surface area contributed by atoms with E-state index in [0.29, 0.717) is 12.1 Å². The number of hydrogen-bond donors (Lipinski definition) is 0. The molecule has 1 amide bonds. The number of piperidine rings is 1. The number of ether oxygens (including phenoxy) is 2. The molecule has 0 aromatic carbocycles. The Labute approximate surface area is 128 Å². The van der Waals surface area contributed by atoms with Gasteiger partial charge in [-0.15, -0.1) is 0 Å². The van der Waals surface area contributed by atoms with Crippen LogP contribution in [0.5, 0.6) is 0 Å². The number of carbonyl (C=O) groups excluding carboxylic acids is 1. The van der Waals surface area contributed by atoms with Gasteiger partial charge in [-0.05, 0) is 47.5 Å². The number of nitrogens with zero attached hydrogens (tertiary/aromatic N) is 2. The second-order valence-electron chi connectivity index (χ2n) is 7.90. The average molecular weight is 298 g/mol. The smallest absolute Gasteiger partial charge is 0.410 e. The zero-order valence-corrected chi connectivity index (χ0v) is 14.3. The lowest BCUT2D eigenvalue weighted by molar-refractivity contribution is -0.0795. The SMILES string of the molecule is COC1CN(C2CCN(C(=O)OC(C)(C)C)C(C)(C)C2)C1. The minimum Gasteiger partial charge on any atom is -0.444 e. The van der Waals surface area contributed by atoms with Crippen LogP contribution in [0.25, 0.3) is 0 Å². The minimum absolute atomic E-state index is 0.163. The molecule has 21 heavy (non-hydrogen) atoms. The predicted molar refractivity (Wildman–Crippen MR) is 82.4 cm³/mol. The van der Waals surface area contributed by atoms with Gasteiger partial charge in [-0.25, -0.2) is 4.79 Å². The van der Waals surface area contributed by atoms with E-state index in [2.05, 4.69) is 18.7 Å². The van der Waals surface area contributed by atoms with Crippen LogP contribution in [-0.2, 0) is 9.47 Å². The van der Waals surface area contributed by atoms with E-state index < -0.39 is 5.60 Å². The lowest BCUT2D eigenvalue weighted by atomic mass is 9.85. The van der Waals surface area contributed by atoms with Gasteiger partial charge < -0.3 is 14.4 Å². The third-order valence-electron chi connectivity index (χ3n) is 4.49. The van der Waals surface area contributed by atoms with Crippen molar-refractivity contribution in [2.75, 3.05) is 26.7 Å². The second kappa shape index (κ2) is 5.76. The molecule has 0 saturated carbocycles. The Kier molecular flexibility index (Phi) is 4.54. The highest BCUT2D eigenvalue weighted by Gasteiger charge is 2.43. The Balaban J connectivity index is 1.92. The van der Waals surface area contributed by atoms with Gasteiger partial charge in [-0.1, -0.05) is 0 Å². The number of likely N-dealkylation sites (tertiary alicyclic amines) is 2. The molecule has 2 saturated heterocycles. The van der Waals surface area contributed by atoms with Gasteiger partial charge in [-0.3, -0.25) is 4.90 Å². The van der Waals surface area contributed by atoms with Crippen molar-refractivity contribution in [3.63, 3.8) is 0 Å². The molecule has 1 atom stereocenters. The Morgan fingerprint density at radius 3 is 2.33 bits per heavy atom. The van der Waals surface area contributed by atoms with Crippen LogP contribution < -0.4 is 0 Å². The van der Waals surface area contributed by atoms with Crippen LogP contribution in [-0.4, -0.2) is 65.9 Å². The van der Waals surface area contributed by atoms with Gasteiger partial charge in [0.2, 0.25) is 0 Å². The molecule has 0 spiro atoms. The van der Waals surface area contributed by atoms with E-state index in [1.807, 2.05) is 25.7 Å². The van der Waals surface area contributed by atoms with Crippen molar-refractivity contribution < 1.29 is 14.3 Å². The fraction of sp³-hybridized carbons (Fsp3) is 0.938. The van der Waals surface area contributed by atoms with Gasteiger partial charge in [0.15, 0.2) is 0 Å². The zero-order chi connectivity index (χ0) is 15.8. The van der Waals surface area contributed by atoms with E-state index >= 15 is 0 Å². The van der Waals surface area contributed by atoms with Gasteiger partial charge >= 0.3 is 6.09 Å². The van der Waals surface area contributed by atoms with E-state index in [0.717, 1.165) is 32.5 Å². The molecule has 1 unspecified atom stereocenters. The molecular formula is C16H30N2O3. The quantitative estimate of drug-likeness (QED) is 0.785. The number of amides is 1. The largest absolute Gasteiger partial charge is 0.444 e. The van der Waals surface area contributed by atoms with Gasteiger partial charge in [0.1, 0.15) is 5.60 Å². The Hall–Kier alpha value is -0.810. The van der Waals surface area contributed by atoms with Crippen LogP contribution in [0.15, 0.2) is 0 Å². The lowest BCUT2D eigenvalue weighted by Crippen LogP contribution is -2.63. The van der Waals surface area contributed by atoms with E-state index in [-0.39, 0.29) is 11.6 Å². The molecule has 0 N–H and O–H groups in total. The molecule has 5 nitrogen and oxygen atoms in total. The summed E-state index contributed by atoms with van der Waals surface area (Å²) >= 11 is 0. The number of methoxy groups -OCH3 is 1. The molecular weight excluding hydrogens is 268 g/mol. The maximum absolute atomic E-state index is 12.4. The third-order valence-corrected chi connectivity index (χ3v) is 4.49. The van der Waals surface area contributed by atoms with Gasteiger partial charge in [0.25, 0.3) is 0 Å². The molecule has 0 aromatic rings. The highest BCUT2D eigenvalue weighted by molar-refractivity contribution is 5.69. The first-order valence-corrected chi connectivity index (χ1v) is 7.90. The van der Waals surface area contributed by atoms with Crippen LogP contribution in [0.1, 0.15) is 47.5 Å². The van der Waals surface area contributed by atoms with Crippen molar-refractivity contribution >= 4 is 6.09 Å². The van der Waals surface area contributed by atoms with Crippen LogP contribution in [0, 0.1) is 0 Å². The maximum atomic E-state index is 12.4. The summed E-state index contributed by atoms with van der Waals surface area (Å²) in [4.78, 5) is 16.7. The van der Waals surface area contributed by atoms with Crippen molar-refractivity contribution in [3.05, 3.63) is 0 Å². The Morgan fingerprint density at radius 1 is 1.24 bits per heavy atom. The summed E-state index contributed by atoms with van der Waals surface area (Å²) in [7, 11) is 1.77. The summed E-state index contributed by atoms with van der Waals surface area (Å²) in [5, 5.41) is 0. The molecule has 5 heteroatoms.